The molecule has 4 atom stereocenters. The van der Waals surface area contributed by atoms with E-state index in [4.69, 9.17) is 36.6 Å². The van der Waals surface area contributed by atoms with Crippen LogP contribution in [0.3, 0.4) is 0 Å². The van der Waals surface area contributed by atoms with Crippen LogP contribution in [-0.4, -0.2) is 109 Å². The quantitative estimate of drug-likeness (QED) is 0.0628. The van der Waals surface area contributed by atoms with Gasteiger partial charge in [0.1, 0.15) is 55.4 Å². The molecule has 366 valence electrons. The van der Waals surface area contributed by atoms with Crippen molar-refractivity contribution in [2.75, 3.05) is 46.4 Å². The summed E-state index contributed by atoms with van der Waals surface area (Å²) in [5.74, 6) is -1.51. The van der Waals surface area contributed by atoms with Gasteiger partial charge < -0.3 is 52.8 Å². The number of aryl methyl sites for hydroxylation is 2. The summed E-state index contributed by atoms with van der Waals surface area (Å²) in [5.41, 5.74) is 22.8. The highest BCUT2D eigenvalue weighted by Gasteiger charge is 2.36. The van der Waals surface area contributed by atoms with E-state index >= 15 is 0 Å². The minimum atomic E-state index is -1.40. The Hall–Kier alpha value is -6.94. The third-order valence-electron chi connectivity index (χ3n) is 12.6. The average molecular weight is 944 g/mol. The van der Waals surface area contributed by atoms with Crippen LogP contribution in [-0.2, 0) is 25.6 Å². The van der Waals surface area contributed by atoms with E-state index in [9.17, 15) is 29.2 Å². The van der Waals surface area contributed by atoms with Crippen LogP contribution in [0.5, 0.6) is 11.5 Å². The lowest BCUT2D eigenvalue weighted by molar-refractivity contribution is -0.141. The lowest BCUT2D eigenvalue weighted by atomic mass is 9.91. The van der Waals surface area contributed by atoms with Crippen molar-refractivity contribution >= 4 is 29.5 Å². The number of fused-ring (bicyclic) bond motifs is 5. The Labute approximate surface area is 403 Å². The molecule has 2 aliphatic rings. The normalized spacial score (nSPS) is 18.0. The van der Waals surface area contributed by atoms with Gasteiger partial charge in [-0.2, -0.15) is 5.26 Å². The summed E-state index contributed by atoms with van der Waals surface area (Å²) < 4.78 is 12.2. The molecule has 2 heterocycles. The lowest BCUT2D eigenvalue weighted by Gasteiger charge is -2.32. The molecular formula is C51H65N11O7. The lowest BCUT2D eigenvalue weighted by Crippen LogP contribution is -2.56. The SMILES string of the molecule is Cc1nc(-c2ccc(C3CCCCCC3)cc2)nc(C)c1C(=O)N[C@@H](CCN)C(=O)N(C)[C@@H]1C(=O)N[C@@H](C)C(=O)N[C@H](C(=O)NCC#N)Cc2ccc(OCCN)c(c2)-c2cc1ccc2OCCN. The third kappa shape index (κ3) is 12.8. The van der Waals surface area contributed by atoms with E-state index in [0.29, 0.717) is 56.9 Å². The minimum Gasteiger partial charge on any atom is -0.492 e. The zero-order valence-electron chi connectivity index (χ0n) is 39.9. The maximum atomic E-state index is 14.8. The zero-order valence-corrected chi connectivity index (χ0v) is 39.9. The average Bonchev–Trinajstić information content (AvgIpc) is 3.63. The number of hydrogen-bond donors (Lipinski definition) is 7. The van der Waals surface area contributed by atoms with E-state index in [2.05, 4.69) is 33.4 Å². The Morgan fingerprint density at radius 2 is 1.43 bits per heavy atom. The second kappa shape index (κ2) is 24.4. The Kier molecular flexibility index (Phi) is 18.2. The summed E-state index contributed by atoms with van der Waals surface area (Å²) in [6.45, 7) is 5.27. The van der Waals surface area contributed by atoms with Gasteiger partial charge in [0.15, 0.2) is 5.82 Å². The van der Waals surface area contributed by atoms with E-state index in [-0.39, 0.29) is 57.8 Å². The van der Waals surface area contributed by atoms with Gasteiger partial charge >= 0.3 is 0 Å². The summed E-state index contributed by atoms with van der Waals surface area (Å²) in [5, 5.41) is 20.0. The van der Waals surface area contributed by atoms with Gasteiger partial charge in [-0.3, -0.25) is 24.0 Å². The summed E-state index contributed by atoms with van der Waals surface area (Å²) in [6, 6.07) is 15.4. The molecule has 0 spiro atoms. The van der Waals surface area contributed by atoms with Crippen molar-refractivity contribution < 1.29 is 33.4 Å². The largest absolute Gasteiger partial charge is 0.492 e. The van der Waals surface area contributed by atoms with Gasteiger partial charge in [0.2, 0.25) is 23.6 Å². The Bertz CT molecular complexity index is 2500. The first-order chi connectivity index (χ1) is 33.3. The number of nitrogens with one attached hydrogen (secondary N) is 4. The van der Waals surface area contributed by atoms with Crippen molar-refractivity contribution in [2.24, 2.45) is 17.2 Å². The standard InChI is InChI=1S/C51H65N11O7/c1-30-44(31(2)58-46(57-30)36-14-12-35(13-15-36)34-9-7-5-6-8-10-34)49(65)60-40(19-20-52)51(67)62(4)45-37-16-18-43(69-26-23-55)39(29-37)38-27-33(11-17-42(38)68-25-22-54)28-41(48(64)56-24-21-53)61-47(63)32(3)59-50(45)66/h11-18,27,29,32,34,40-41,45H,5-10,19-20,22-26,28,52,54-55H2,1-4H3,(H,56,64)(H,59,66)(H,60,65)(H,61,63)/t32-,40-,41-,45-/m0/s1. The maximum Gasteiger partial charge on any atom is 0.255 e. The predicted octanol–water partition coefficient (Wildman–Crippen LogP) is 3.37. The topological polar surface area (TPSA) is 283 Å². The van der Waals surface area contributed by atoms with Crippen molar-refractivity contribution in [3.05, 3.63) is 94.3 Å². The minimum absolute atomic E-state index is 0.00406. The van der Waals surface area contributed by atoms with Crippen molar-refractivity contribution in [3.63, 3.8) is 0 Å². The molecule has 0 radical (unpaired) electrons. The number of nitriles is 1. The molecule has 18 nitrogen and oxygen atoms in total. The van der Waals surface area contributed by atoms with Crippen LogP contribution < -0.4 is 47.9 Å². The van der Waals surface area contributed by atoms with Gasteiger partial charge in [-0.15, -0.1) is 0 Å². The number of hydrogen-bond acceptors (Lipinski definition) is 13. The van der Waals surface area contributed by atoms with Crippen LogP contribution >= 0.6 is 0 Å². The molecule has 0 unspecified atom stereocenters. The van der Waals surface area contributed by atoms with Gasteiger partial charge in [-0.25, -0.2) is 9.97 Å². The summed E-state index contributed by atoms with van der Waals surface area (Å²) in [6.07, 6.45) is 7.41. The molecule has 5 amide bonds. The first-order valence-corrected chi connectivity index (χ1v) is 23.7. The molecule has 1 aliphatic carbocycles. The molecule has 0 saturated heterocycles. The van der Waals surface area contributed by atoms with E-state index in [1.54, 1.807) is 50.2 Å². The van der Waals surface area contributed by atoms with Gasteiger partial charge in [-0.1, -0.05) is 62.1 Å². The zero-order chi connectivity index (χ0) is 49.6. The van der Waals surface area contributed by atoms with E-state index in [1.165, 1.54) is 63.0 Å². The van der Waals surface area contributed by atoms with Crippen molar-refractivity contribution in [1.29, 1.82) is 5.26 Å². The molecule has 6 rings (SSSR count). The number of rotatable bonds is 16. The molecule has 4 aromatic rings. The number of amides is 5. The monoisotopic (exact) mass is 944 g/mol. The second-order valence-electron chi connectivity index (χ2n) is 17.6. The smallest absolute Gasteiger partial charge is 0.255 e. The summed E-state index contributed by atoms with van der Waals surface area (Å²) in [4.78, 5) is 81.4. The Balaban J connectivity index is 1.35. The molecule has 1 fully saturated rings. The Morgan fingerprint density at radius 3 is 2.04 bits per heavy atom. The fourth-order valence-corrected chi connectivity index (χ4v) is 9.05. The number of benzene rings is 3. The first-order valence-electron chi connectivity index (χ1n) is 23.7. The van der Waals surface area contributed by atoms with Crippen LogP contribution in [0.15, 0.2) is 60.7 Å². The van der Waals surface area contributed by atoms with Gasteiger partial charge in [-0.05, 0) is 93.5 Å². The summed E-state index contributed by atoms with van der Waals surface area (Å²) in [7, 11) is 1.43. The van der Waals surface area contributed by atoms with Gasteiger partial charge in [0.25, 0.3) is 5.91 Å². The van der Waals surface area contributed by atoms with Crippen molar-refractivity contribution in [2.45, 2.75) is 102 Å². The van der Waals surface area contributed by atoms with E-state index in [1.807, 2.05) is 18.2 Å². The predicted molar refractivity (Wildman–Crippen MR) is 261 cm³/mol. The number of nitrogens with zero attached hydrogens (tertiary/aromatic N) is 4. The number of nitrogens with two attached hydrogens (primary N) is 3. The van der Waals surface area contributed by atoms with E-state index in [0.717, 1.165) is 5.56 Å². The number of carbonyl (C=O) groups excluding carboxylic acids is 5. The molecular weight excluding hydrogens is 879 g/mol. The number of aromatic nitrogens is 2. The van der Waals surface area contributed by atoms with E-state index < -0.39 is 53.7 Å². The summed E-state index contributed by atoms with van der Waals surface area (Å²) >= 11 is 0. The molecule has 1 aromatic heterocycles. The van der Waals surface area contributed by atoms with Crippen LogP contribution in [0.25, 0.3) is 22.5 Å². The molecule has 10 N–H and O–H groups in total. The third-order valence-corrected chi connectivity index (χ3v) is 12.6. The number of ether oxygens (including phenoxy) is 2. The van der Waals surface area contributed by atoms with Gasteiger partial charge in [0.05, 0.1) is 23.0 Å². The highest BCUT2D eigenvalue weighted by molar-refractivity contribution is 6.00. The van der Waals surface area contributed by atoms with Crippen LogP contribution in [0, 0.1) is 25.2 Å². The van der Waals surface area contributed by atoms with Crippen LogP contribution in [0.2, 0.25) is 0 Å². The maximum absolute atomic E-state index is 14.8. The molecule has 1 saturated carbocycles. The highest BCUT2D eigenvalue weighted by atomic mass is 16.5. The van der Waals surface area contributed by atoms with Crippen LogP contribution in [0.1, 0.15) is 102 Å². The fraction of sp³-hybridized carbons (Fsp3) is 0.451. The molecule has 1 aliphatic heterocycles. The van der Waals surface area contributed by atoms with Crippen molar-refractivity contribution in [1.82, 2.24) is 36.1 Å². The Morgan fingerprint density at radius 1 is 0.826 bits per heavy atom. The number of likely N-dealkylation sites (N-methyl/N-ethyl adjacent to an activating group) is 1. The second-order valence-corrected chi connectivity index (χ2v) is 17.6. The number of carbonyl (C=O) groups is 5. The molecule has 18 heteroatoms. The highest BCUT2D eigenvalue weighted by Crippen LogP contribution is 2.40. The fourth-order valence-electron chi connectivity index (χ4n) is 9.05. The molecule has 4 bridgehead atoms. The molecule has 69 heavy (non-hydrogen) atoms. The van der Waals surface area contributed by atoms with Crippen LogP contribution in [0.4, 0.5) is 0 Å². The van der Waals surface area contributed by atoms with Crippen molar-refractivity contribution in [3.8, 4) is 40.1 Å². The first kappa shape index (κ1) is 51.5. The van der Waals surface area contributed by atoms with Gasteiger partial charge in [0, 0.05) is 43.2 Å². The molecule has 3 aromatic carbocycles.